The highest BCUT2D eigenvalue weighted by molar-refractivity contribution is 5.88. The van der Waals surface area contributed by atoms with Crippen molar-refractivity contribution in [2.45, 2.75) is 63.0 Å². The van der Waals surface area contributed by atoms with Gasteiger partial charge in [-0.2, -0.15) is 0 Å². The van der Waals surface area contributed by atoms with Gasteiger partial charge in [0.2, 0.25) is 5.95 Å². The molecular weight excluding hydrogens is 512 g/mol. The molecule has 0 saturated carbocycles. The molecule has 2 fully saturated rings. The third-order valence-electron chi connectivity index (χ3n) is 6.92. The van der Waals surface area contributed by atoms with Crippen LogP contribution >= 0.6 is 0 Å². The lowest BCUT2D eigenvalue weighted by Crippen LogP contribution is -2.42. The van der Waals surface area contributed by atoms with Crippen LogP contribution in [0.5, 0.6) is 0 Å². The maximum Gasteiger partial charge on any atom is 0.336 e. The summed E-state index contributed by atoms with van der Waals surface area (Å²) in [5.74, 6) is -3.94. The van der Waals surface area contributed by atoms with Gasteiger partial charge in [-0.15, -0.1) is 0 Å². The molecule has 2 aromatic heterocycles. The normalized spacial score (nSPS) is 18.2. The van der Waals surface area contributed by atoms with E-state index in [1.807, 2.05) is 19.6 Å². The molecule has 214 valence electrons. The monoisotopic (exact) mass is 548 g/mol. The highest BCUT2D eigenvalue weighted by atomic mass is 16.4. The van der Waals surface area contributed by atoms with Crippen LogP contribution in [0.25, 0.3) is 0 Å². The molecule has 5 N–H and O–H groups in total. The number of H-pyrrole nitrogens is 1. The summed E-state index contributed by atoms with van der Waals surface area (Å²) in [4.78, 5) is 59.4. The molecule has 1 atom stereocenters. The minimum absolute atomic E-state index is 0.0284. The number of aromatic amines is 1. The van der Waals surface area contributed by atoms with Crippen LogP contribution < -0.4 is 10.5 Å². The zero-order valence-electron chi connectivity index (χ0n) is 22.0. The molecule has 2 aliphatic rings. The van der Waals surface area contributed by atoms with Gasteiger partial charge >= 0.3 is 17.9 Å². The Morgan fingerprint density at radius 3 is 2.28 bits per heavy atom. The fourth-order valence-corrected chi connectivity index (χ4v) is 4.85. The van der Waals surface area contributed by atoms with Crippen molar-refractivity contribution in [2.24, 2.45) is 7.05 Å². The second-order valence-corrected chi connectivity index (χ2v) is 10.1. The van der Waals surface area contributed by atoms with Crippen LogP contribution in [-0.2, 0) is 28.0 Å². The topological polar surface area (TPSA) is 202 Å². The van der Waals surface area contributed by atoms with Crippen molar-refractivity contribution in [3.63, 3.8) is 0 Å². The number of aromatic nitrogens is 4. The summed E-state index contributed by atoms with van der Waals surface area (Å²) in [5, 5.41) is 33.8. The van der Waals surface area contributed by atoms with Gasteiger partial charge in [-0.1, -0.05) is 0 Å². The SMILES string of the molecule is Cn1cncc1CN1CCCC(c2cc(=O)[nH]c(N3CCCCC3)n2)C1.O=C(O)CC(O)(CC(=O)O)C(=O)O. The number of carbonyl (C=O) groups is 3. The zero-order chi connectivity index (χ0) is 28.6. The standard InChI is InChI=1S/C19H28N6O.C6H8O7/c1-23-14-20-11-16(23)13-24-7-5-6-15(12-24)17-10-18(26)22-19(21-17)25-8-3-2-4-9-25;7-3(8)1-6(13,5(11)12)2-4(9)10/h10-11,14-15H,2-9,12-13H2,1H3,(H,21,22,26);13H,1-2H2,(H,7,8)(H,9,10)(H,11,12). The minimum atomic E-state index is -2.74. The van der Waals surface area contributed by atoms with E-state index in [-0.39, 0.29) is 5.56 Å². The lowest BCUT2D eigenvalue weighted by Gasteiger charge is -2.33. The Labute approximate surface area is 224 Å². The summed E-state index contributed by atoms with van der Waals surface area (Å²) >= 11 is 0. The number of likely N-dealkylation sites (tertiary alicyclic amines) is 1. The number of piperidine rings is 2. The summed E-state index contributed by atoms with van der Waals surface area (Å²) in [7, 11) is 2.03. The Bertz CT molecular complexity index is 1190. The summed E-state index contributed by atoms with van der Waals surface area (Å²) in [6.45, 7) is 4.91. The maximum atomic E-state index is 12.2. The summed E-state index contributed by atoms with van der Waals surface area (Å²) < 4.78 is 2.07. The predicted octanol–water partition coefficient (Wildman–Crippen LogP) is 0.625. The molecule has 4 rings (SSSR count). The van der Waals surface area contributed by atoms with Gasteiger partial charge < -0.3 is 29.9 Å². The number of carboxylic acid groups (broad SMARTS) is 3. The fraction of sp³-hybridized carbons (Fsp3) is 0.600. The van der Waals surface area contributed by atoms with Crippen LogP contribution in [0.2, 0.25) is 0 Å². The van der Waals surface area contributed by atoms with Crippen LogP contribution in [0.15, 0.2) is 23.4 Å². The Kier molecular flexibility index (Phi) is 10.2. The quantitative estimate of drug-likeness (QED) is 0.293. The lowest BCUT2D eigenvalue weighted by molar-refractivity contribution is -0.170. The Morgan fingerprint density at radius 2 is 1.72 bits per heavy atom. The lowest BCUT2D eigenvalue weighted by atomic mass is 9.94. The Hall–Kier alpha value is -3.78. The molecule has 0 amide bonds. The smallest absolute Gasteiger partial charge is 0.336 e. The first-order valence-corrected chi connectivity index (χ1v) is 12.9. The highest BCUT2D eigenvalue weighted by Gasteiger charge is 2.40. The van der Waals surface area contributed by atoms with Gasteiger partial charge in [0.05, 0.1) is 30.6 Å². The number of nitrogens with one attached hydrogen (secondary N) is 1. The molecule has 0 radical (unpaired) electrons. The molecule has 2 aliphatic heterocycles. The van der Waals surface area contributed by atoms with E-state index in [9.17, 15) is 19.2 Å². The first-order valence-electron chi connectivity index (χ1n) is 12.9. The second-order valence-electron chi connectivity index (χ2n) is 10.1. The number of carboxylic acids is 3. The summed E-state index contributed by atoms with van der Waals surface area (Å²) in [5.41, 5.74) is -0.598. The van der Waals surface area contributed by atoms with E-state index in [0.29, 0.717) is 5.92 Å². The van der Waals surface area contributed by atoms with E-state index in [2.05, 4.69) is 24.3 Å². The van der Waals surface area contributed by atoms with Gasteiger partial charge in [0.1, 0.15) is 0 Å². The fourth-order valence-electron chi connectivity index (χ4n) is 4.85. The number of aliphatic hydroxyl groups is 1. The van der Waals surface area contributed by atoms with Crippen molar-refractivity contribution in [2.75, 3.05) is 31.1 Å². The Morgan fingerprint density at radius 1 is 1.05 bits per heavy atom. The number of hydrogen-bond donors (Lipinski definition) is 5. The third kappa shape index (κ3) is 8.61. The molecule has 2 aromatic rings. The van der Waals surface area contributed by atoms with Crippen LogP contribution in [0.3, 0.4) is 0 Å². The van der Waals surface area contributed by atoms with Gasteiger partial charge in [0.25, 0.3) is 5.56 Å². The molecule has 0 spiro atoms. The van der Waals surface area contributed by atoms with E-state index in [0.717, 1.165) is 57.2 Å². The number of aryl methyl sites for hydroxylation is 1. The van der Waals surface area contributed by atoms with Crippen molar-refractivity contribution >= 4 is 23.9 Å². The molecule has 2 saturated heterocycles. The first kappa shape index (κ1) is 29.8. The number of nitrogens with zero attached hydrogens (tertiary/aromatic N) is 5. The molecular formula is C25H36N6O8. The van der Waals surface area contributed by atoms with Crippen molar-refractivity contribution in [1.82, 2.24) is 24.4 Å². The van der Waals surface area contributed by atoms with Crippen LogP contribution in [0.1, 0.15) is 62.3 Å². The molecule has 14 nitrogen and oxygen atoms in total. The van der Waals surface area contributed by atoms with E-state index < -0.39 is 36.4 Å². The van der Waals surface area contributed by atoms with E-state index >= 15 is 0 Å². The van der Waals surface area contributed by atoms with Crippen molar-refractivity contribution in [1.29, 1.82) is 0 Å². The van der Waals surface area contributed by atoms with Crippen molar-refractivity contribution < 1.29 is 34.8 Å². The molecule has 14 heteroatoms. The van der Waals surface area contributed by atoms with Crippen molar-refractivity contribution in [3.8, 4) is 0 Å². The van der Waals surface area contributed by atoms with Crippen LogP contribution in [0, 0.1) is 0 Å². The third-order valence-corrected chi connectivity index (χ3v) is 6.92. The average molecular weight is 549 g/mol. The number of imidazole rings is 1. The van der Waals surface area contributed by atoms with Gasteiger partial charge in [-0.25, -0.2) is 14.8 Å². The van der Waals surface area contributed by atoms with Crippen LogP contribution in [0.4, 0.5) is 5.95 Å². The van der Waals surface area contributed by atoms with Gasteiger partial charge in [0, 0.05) is 51.4 Å². The molecule has 0 bridgehead atoms. The van der Waals surface area contributed by atoms with E-state index in [1.165, 1.54) is 25.0 Å². The van der Waals surface area contributed by atoms with Crippen molar-refractivity contribution in [3.05, 3.63) is 40.3 Å². The number of rotatable bonds is 9. The predicted molar refractivity (Wildman–Crippen MR) is 138 cm³/mol. The summed E-state index contributed by atoms with van der Waals surface area (Å²) in [6, 6.07) is 1.70. The molecule has 39 heavy (non-hydrogen) atoms. The highest BCUT2D eigenvalue weighted by Crippen LogP contribution is 2.27. The average Bonchev–Trinajstić information content (AvgIpc) is 3.27. The largest absolute Gasteiger partial charge is 0.481 e. The second kappa shape index (κ2) is 13.3. The molecule has 4 heterocycles. The first-order chi connectivity index (χ1) is 18.5. The van der Waals surface area contributed by atoms with Crippen LogP contribution in [-0.4, -0.2) is 94.5 Å². The Balaban J connectivity index is 0.000000276. The van der Waals surface area contributed by atoms with E-state index in [1.54, 1.807) is 6.07 Å². The van der Waals surface area contributed by atoms with Gasteiger partial charge in [-0.3, -0.25) is 24.3 Å². The maximum absolute atomic E-state index is 12.2. The van der Waals surface area contributed by atoms with Gasteiger partial charge in [0.15, 0.2) is 5.60 Å². The molecule has 0 aromatic carbocycles. The van der Waals surface area contributed by atoms with E-state index in [4.69, 9.17) is 25.4 Å². The molecule has 1 unspecified atom stereocenters. The summed E-state index contributed by atoms with van der Waals surface area (Å²) in [6.07, 6.45) is 7.35. The number of anilines is 1. The number of aliphatic carboxylic acids is 3. The molecule has 0 aliphatic carbocycles. The zero-order valence-corrected chi connectivity index (χ0v) is 22.0. The van der Waals surface area contributed by atoms with Gasteiger partial charge in [-0.05, 0) is 38.6 Å². The minimum Gasteiger partial charge on any atom is -0.481 e. The number of hydrogen-bond acceptors (Lipinski definition) is 9.